The number of rotatable bonds is 8. The third-order valence-corrected chi connectivity index (χ3v) is 12.0. The van der Waals surface area contributed by atoms with Crippen LogP contribution in [0.5, 0.6) is 11.5 Å². The Kier molecular flexibility index (Phi) is 9.30. The van der Waals surface area contributed by atoms with Gasteiger partial charge < -0.3 is 15.5 Å². The monoisotopic (exact) mass is 662 g/mol. The van der Waals surface area contributed by atoms with Crippen molar-refractivity contribution < 1.29 is 31.8 Å². The smallest absolute Gasteiger partial charge is 0.259 e. The number of carbonyl (C=O) groups is 1. The van der Waals surface area contributed by atoms with E-state index >= 15 is 0 Å². The largest absolute Gasteiger partial charge is 0.504 e. The van der Waals surface area contributed by atoms with Gasteiger partial charge in [0.25, 0.3) is 5.91 Å². The Balaban J connectivity index is 1.32. The van der Waals surface area contributed by atoms with E-state index in [1.54, 1.807) is 24.3 Å². The van der Waals surface area contributed by atoms with Crippen LogP contribution in [-0.2, 0) is 31.7 Å². The second kappa shape index (κ2) is 12.9. The molecule has 3 N–H and O–H groups in total. The van der Waals surface area contributed by atoms with Crippen molar-refractivity contribution in [1.82, 2.24) is 4.31 Å². The molecule has 242 valence electrons. The predicted molar refractivity (Wildman–Crippen MR) is 176 cm³/mol. The van der Waals surface area contributed by atoms with Crippen molar-refractivity contribution >= 4 is 31.5 Å². The van der Waals surface area contributed by atoms with Crippen LogP contribution < -0.4 is 5.32 Å². The fourth-order valence-corrected chi connectivity index (χ4v) is 8.92. The predicted octanol–water partition coefficient (Wildman–Crippen LogP) is 6.12. The highest BCUT2D eigenvalue weighted by molar-refractivity contribution is 7.91. The zero-order valence-corrected chi connectivity index (χ0v) is 27.6. The molecule has 0 aromatic heterocycles. The van der Waals surface area contributed by atoms with Crippen LogP contribution in [0, 0.1) is 5.92 Å². The normalized spacial score (nSPS) is 15.0. The molecule has 11 heteroatoms. The number of amides is 1. The molecule has 4 aromatic rings. The highest BCUT2D eigenvalue weighted by Gasteiger charge is 2.32. The van der Waals surface area contributed by atoms with Crippen molar-refractivity contribution in [1.29, 1.82) is 0 Å². The number of sulfonamides is 1. The van der Waals surface area contributed by atoms with Crippen LogP contribution in [0.4, 0.5) is 5.69 Å². The lowest BCUT2D eigenvalue weighted by Gasteiger charge is -2.31. The number of anilines is 1. The zero-order chi connectivity index (χ0) is 33.3. The molecule has 5 rings (SSSR count). The minimum absolute atomic E-state index is 0.0309. The first-order chi connectivity index (χ1) is 21.7. The summed E-state index contributed by atoms with van der Waals surface area (Å²) in [5.74, 6) is -2.06. The van der Waals surface area contributed by atoms with E-state index in [1.165, 1.54) is 34.1 Å². The summed E-state index contributed by atoms with van der Waals surface area (Å²) in [4.78, 5) is 13.1. The highest BCUT2D eigenvalue weighted by atomic mass is 32.2. The minimum atomic E-state index is -4.07. The average Bonchev–Trinajstić information content (AvgIpc) is 3.03. The van der Waals surface area contributed by atoms with Gasteiger partial charge in [-0.25, -0.2) is 16.8 Å². The second-order valence-corrected chi connectivity index (χ2v) is 16.5. The quantitative estimate of drug-likeness (QED) is 0.193. The van der Waals surface area contributed by atoms with Crippen molar-refractivity contribution in [2.24, 2.45) is 5.92 Å². The van der Waals surface area contributed by atoms with Gasteiger partial charge >= 0.3 is 0 Å². The minimum Gasteiger partial charge on any atom is -0.504 e. The number of phenols is 2. The molecule has 0 saturated carbocycles. The summed E-state index contributed by atoms with van der Waals surface area (Å²) < 4.78 is 55.4. The van der Waals surface area contributed by atoms with Gasteiger partial charge in [-0.05, 0) is 78.1 Å². The van der Waals surface area contributed by atoms with Gasteiger partial charge in [0.15, 0.2) is 11.5 Å². The Hall–Kier alpha value is -4.19. The van der Waals surface area contributed by atoms with E-state index in [4.69, 9.17) is 0 Å². The number of nitrogens with zero attached hydrogens (tertiary/aromatic N) is 1. The average molecular weight is 663 g/mol. The lowest BCUT2D eigenvalue weighted by Crippen LogP contribution is -2.39. The molecular weight excluding hydrogens is 625 g/mol. The third-order valence-electron chi connectivity index (χ3n) is 8.29. The van der Waals surface area contributed by atoms with Gasteiger partial charge in [0.05, 0.1) is 20.2 Å². The Morgan fingerprint density at radius 2 is 1.43 bits per heavy atom. The van der Waals surface area contributed by atoms with E-state index < -0.39 is 48.2 Å². The number of hydrogen-bond donors (Lipinski definition) is 3. The first kappa shape index (κ1) is 33.2. The summed E-state index contributed by atoms with van der Waals surface area (Å²) in [6, 6.07) is 24.3. The standard InChI is InChI=1S/C35H38N2O7S2/c1-35(2,3)30-11-7-8-12-32(30)45(41,42)27-15-13-26(14-16-27)36-34(40)29-22-28(23-31(38)33(29)39)46(43,44)37-19-17-25(18-20-37)21-24-9-5-4-6-10-24/h4-16,22-23,25,38-39H,17-21H2,1-3H3,(H,36,40). The van der Waals surface area contributed by atoms with Crippen LogP contribution in [-0.4, -0.2) is 50.4 Å². The molecule has 0 radical (unpaired) electrons. The molecule has 4 aromatic carbocycles. The van der Waals surface area contributed by atoms with Crippen molar-refractivity contribution in [3.05, 3.63) is 108 Å². The van der Waals surface area contributed by atoms with E-state index in [0.717, 1.165) is 18.6 Å². The number of phenolic OH excluding ortho intramolecular Hbond substituents is 2. The molecule has 0 spiro atoms. The fourth-order valence-electron chi connectivity index (χ4n) is 5.73. The molecule has 0 aliphatic carbocycles. The van der Waals surface area contributed by atoms with Crippen LogP contribution >= 0.6 is 0 Å². The van der Waals surface area contributed by atoms with Crippen molar-refractivity contribution in [3.8, 4) is 11.5 Å². The van der Waals surface area contributed by atoms with Gasteiger partial charge in [0.2, 0.25) is 19.9 Å². The maximum absolute atomic E-state index is 13.5. The summed E-state index contributed by atoms with van der Waals surface area (Å²) in [5.41, 5.74) is 1.24. The Morgan fingerprint density at radius 3 is 2.07 bits per heavy atom. The number of hydrogen-bond acceptors (Lipinski definition) is 7. The first-order valence-electron chi connectivity index (χ1n) is 15.0. The van der Waals surface area contributed by atoms with Crippen LogP contribution in [0.1, 0.15) is 55.1 Å². The summed E-state index contributed by atoms with van der Waals surface area (Å²) in [6.45, 7) is 6.38. The maximum Gasteiger partial charge on any atom is 0.259 e. The van der Waals surface area contributed by atoms with Gasteiger partial charge in [0.1, 0.15) is 0 Å². The number of carbonyl (C=O) groups excluding carboxylic acids is 1. The Bertz CT molecular complexity index is 1940. The van der Waals surface area contributed by atoms with Gasteiger partial charge in [-0.1, -0.05) is 69.3 Å². The lowest BCUT2D eigenvalue weighted by atomic mass is 9.87. The molecule has 1 amide bonds. The van der Waals surface area contributed by atoms with E-state index in [0.29, 0.717) is 37.4 Å². The van der Waals surface area contributed by atoms with E-state index in [2.05, 4.69) is 17.4 Å². The van der Waals surface area contributed by atoms with Crippen molar-refractivity contribution in [2.45, 2.75) is 60.1 Å². The zero-order valence-electron chi connectivity index (χ0n) is 26.0. The fraction of sp³-hybridized carbons (Fsp3) is 0.286. The molecule has 1 saturated heterocycles. The Morgan fingerprint density at radius 1 is 0.826 bits per heavy atom. The summed E-state index contributed by atoms with van der Waals surface area (Å²) >= 11 is 0. The number of piperidine rings is 1. The Labute approximate surface area is 270 Å². The molecule has 1 heterocycles. The van der Waals surface area contributed by atoms with Gasteiger partial charge in [0, 0.05) is 24.8 Å². The molecule has 0 bridgehead atoms. The molecular formula is C35H38N2O7S2. The molecule has 46 heavy (non-hydrogen) atoms. The molecule has 1 aliphatic rings. The third kappa shape index (κ3) is 6.96. The summed E-state index contributed by atoms with van der Waals surface area (Å²) in [5, 5.41) is 23.4. The van der Waals surface area contributed by atoms with E-state index in [1.807, 2.05) is 39.0 Å². The summed E-state index contributed by atoms with van der Waals surface area (Å²) in [7, 11) is -7.95. The van der Waals surface area contributed by atoms with Crippen molar-refractivity contribution in [2.75, 3.05) is 18.4 Å². The number of nitrogens with one attached hydrogen (secondary N) is 1. The van der Waals surface area contributed by atoms with Gasteiger partial charge in [-0.2, -0.15) is 4.31 Å². The molecule has 0 unspecified atom stereocenters. The summed E-state index contributed by atoms with van der Waals surface area (Å²) in [6.07, 6.45) is 2.19. The lowest BCUT2D eigenvalue weighted by molar-refractivity contribution is 0.102. The van der Waals surface area contributed by atoms with E-state index in [-0.39, 0.29) is 20.4 Å². The SMILES string of the molecule is CC(C)(C)c1ccccc1S(=O)(=O)c1ccc(NC(=O)c2cc(S(=O)(=O)N3CCC(Cc4ccccc4)CC3)cc(O)c2O)cc1. The van der Waals surface area contributed by atoms with Crippen LogP contribution in [0.3, 0.4) is 0 Å². The first-order valence-corrected chi connectivity index (χ1v) is 18.0. The molecule has 0 atom stereocenters. The highest BCUT2D eigenvalue weighted by Crippen LogP contribution is 2.36. The van der Waals surface area contributed by atoms with Gasteiger partial charge in [-0.15, -0.1) is 0 Å². The molecule has 1 aliphatic heterocycles. The molecule has 1 fully saturated rings. The van der Waals surface area contributed by atoms with Crippen molar-refractivity contribution in [3.63, 3.8) is 0 Å². The topological polar surface area (TPSA) is 141 Å². The second-order valence-electron chi connectivity index (χ2n) is 12.6. The van der Waals surface area contributed by atoms with Crippen LogP contribution in [0.2, 0.25) is 0 Å². The number of aromatic hydroxyl groups is 2. The van der Waals surface area contributed by atoms with Crippen LogP contribution in [0.15, 0.2) is 106 Å². The van der Waals surface area contributed by atoms with E-state index in [9.17, 15) is 31.8 Å². The number of sulfone groups is 1. The molecule has 9 nitrogen and oxygen atoms in total. The number of benzene rings is 4. The van der Waals surface area contributed by atoms with Gasteiger partial charge in [-0.3, -0.25) is 4.79 Å². The van der Waals surface area contributed by atoms with Crippen LogP contribution in [0.25, 0.3) is 0 Å². The maximum atomic E-state index is 13.5.